The van der Waals surface area contributed by atoms with Gasteiger partial charge in [-0.25, -0.2) is 4.98 Å². The molecule has 1 fully saturated rings. The summed E-state index contributed by atoms with van der Waals surface area (Å²) in [6.07, 6.45) is 3.68. The van der Waals surface area contributed by atoms with E-state index in [4.69, 9.17) is 16.3 Å². The van der Waals surface area contributed by atoms with Crippen LogP contribution >= 0.6 is 22.9 Å². The van der Waals surface area contributed by atoms with Crippen LogP contribution in [0.4, 0.5) is 5.13 Å². The van der Waals surface area contributed by atoms with Gasteiger partial charge in [-0.2, -0.15) is 0 Å². The predicted molar refractivity (Wildman–Crippen MR) is 90.7 cm³/mol. The first-order valence-corrected chi connectivity index (χ1v) is 8.72. The third-order valence-electron chi connectivity index (χ3n) is 3.84. The van der Waals surface area contributed by atoms with Crippen LogP contribution in [-0.2, 0) is 4.74 Å². The van der Waals surface area contributed by atoms with Crippen molar-refractivity contribution in [2.45, 2.75) is 25.9 Å². The van der Waals surface area contributed by atoms with Crippen LogP contribution in [0.15, 0.2) is 18.3 Å². The number of ether oxygens (including phenoxy) is 1. The second-order valence-corrected chi connectivity index (χ2v) is 6.97. The van der Waals surface area contributed by atoms with E-state index in [0.29, 0.717) is 27.2 Å². The minimum absolute atomic E-state index is 0.00664. The highest BCUT2D eigenvalue weighted by molar-refractivity contribution is 7.15. The Hall–Kier alpha value is -2.03. The molecule has 1 aliphatic heterocycles. The Kier molecular flexibility index (Phi) is 3.95. The number of carbonyl (C=O) groups is 1. The summed E-state index contributed by atoms with van der Waals surface area (Å²) in [4.78, 5) is 17.0. The summed E-state index contributed by atoms with van der Waals surface area (Å²) in [5.41, 5.74) is 1.71. The number of carbonyl (C=O) groups excluding carboxylic acids is 1. The number of nitrogens with zero attached hydrogens (tertiary/aromatic N) is 4. The summed E-state index contributed by atoms with van der Waals surface area (Å²) in [6.45, 7) is 2.53. The maximum absolute atomic E-state index is 12.6. The fourth-order valence-corrected chi connectivity index (χ4v) is 3.73. The highest BCUT2D eigenvalue weighted by Crippen LogP contribution is 2.32. The molecule has 0 radical (unpaired) electrons. The first-order chi connectivity index (χ1) is 11.6. The Morgan fingerprint density at radius 2 is 2.38 bits per heavy atom. The van der Waals surface area contributed by atoms with Crippen LogP contribution < -0.4 is 5.32 Å². The standard InChI is InChI=1S/C15H14ClN5O2S/c1-8-12(21-5-4-9(16)7-11(21)17-8)13(22)18-15-20-19-14(24-15)10-3-2-6-23-10/h4-5,7,10H,2-3,6H2,1H3,(H,18,20,22). The third kappa shape index (κ3) is 2.77. The van der Waals surface area contributed by atoms with Crippen molar-refractivity contribution >= 4 is 39.6 Å². The molecule has 1 aliphatic rings. The van der Waals surface area contributed by atoms with Crippen LogP contribution in [0.3, 0.4) is 0 Å². The van der Waals surface area contributed by atoms with Crippen molar-refractivity contribution in [3.05, 3.63) is 39.7 Å². The van der Waals surface area contributed by atoms with E-state index in [1.54, 1.807) is 29.7 Å². The van der Waals surface area contributed by atoms with Gasteiger partial charge in [0.1, 0.15) is 22.5 Å². The molecule has 1 atom stereocenters. The lowest BCUT2D eigenvalue weighted by molar-refractivity contribution is 0.102. The average Bonchev–Trinajstić information content (AvgIpc) is 3.24. The van der Waals surface area contributed by atoms with Gasteiger partial charge in [0.2, 0.25) is 5.13 Å². The molecule has 0 aromatic carbocycles. The molecule has 1 unspecified atom stereocenters. The fraction of sp³-hybridized carbons (Fsp3) is 0.333. The van der Waals surface area contributed by atoms with Crippen molar-refractivity contribution < 1.29 is 9.53 Å². The summed E-state index contributed by atoms with van der Waals surface area (Å²) in [7, 11) is 0. The minimum Gasteiger partial charge on any atom is -0.371 e. The topological polar surface area (TPSA) is 81.4 Å². The Balaban J connectivity index is 1.59. The number of amides is 1. The summed E-state index contributed by atoms with van der Waals surface area (Å²) >= 11 is 7.31. The van der Waals surface area contributed by atoms with Gasteiger partial charge in [0, 0.05) is 23.9 Å². The zero-order valence-corrected chi connectivity index (χ0v) is 14.4. The Morgan fingerprint density at radius 1 is 1.50 bits per heavy atom. The number of hydrogen-bond acceptors (Lipinski definition) is 6. The third-order valence-corrected chi connectivity index (χ3v) is 5.01. The van der Waals surface area contributed by atoms with Gasteiger partial charge in [0.25, 0.3) is 5.91 Å². The van der Waals surface area contributed by atoms with Crippen molar-refractivity contribution in [3.8, 4) is 0 Å². The highest BCUT2D eigenvalue weighted by atomic mass is 35.5. The summed E-state index contributed by atoms with van der Waals surface area (Å²) in [6, 6.07) is 3.43. The number of fused-ring (bicyclic) bond motifs is 1. The first kappa shape index (κ1) is 15.5. The Morgan fingerprint density at radius 3 is 3.17 bits per heavy atom. The number of rotatable bonds is 3. The average molecular weight is 364 g/mol. The predicted octanol–water partition coefficient (Wildman–Crippen LogP) is 3.25. The maximum Gasteiger partial charge on any atom is 0.276 e. The molecule has 0 spiro atoms. The molecule has 1 amide bonds. The number of pyridine rings is 1. The summed E-state index contributed by atoms with van der Waals surface area (Å²) < 4.78 is 7.29. The van der Waals surface area contributed by atoms with Gasteiger partial charge in [0.15, 0.2) is 0 Å². The van der Waals surface area contributed by atoms with Gasteiger partial charge < -0.3 is 4.74 Å². The molecule has 124 valence electrons. The van der Waals surface area contributed by atoms with E-state index >= 15 is 0 Å². The van der Waals surface area contributed by atoms with Crippen molar-refractivity contribution in [2.24, 2.45) is 0 Å². The quantitative estimate of drug-likeness (QED) is 0.772. The van der Waals surface area contributed by atoms with E-state index in [9.17, 15) is 4.79 Å². The number of halogens is 1. The van der Waals surface area contributed by atoms with Crippen molar-refractivity contribution in [1.82, 2.24) is 19.6 Å². The summed E-state index contributed by atoms with van der Waals surface area (Å²) in [5.74, 6) is -0.280. The smallest absolute Gasteiger partial charge is 0.276 e. The van der Waals surface area contributed by atoms with Crippen LogP contribution in [0.25, 0.3) is 5.65 Å². The van der Waals surface area contributed by atoms with Crippen LogP contribution in [0.1, 0.15) is 40.1 Å². The number of aromatic nitrogens is 4. The zero-order chi connectivity index (χ0) is 16.7. The molecule has 0 aliphatic carbocycles. The van der Waals surface area contributed by atoms with Gasteiger partial charge in [-0.15, -0.1) is 10.2 Å². The van der Waals surface area contributed by atoms with Gasteiger partial charge >= 0.3 is 0 Å². The van der Waals surface area contributed by atoms with E-state index < -0.39 is 0 Å². The van der Waals surface area contributed by atoms with Crippen molar-refractivity contribution in [1.29, 1.82) is 0 Å². The molecule has 0 bridgehead atoms. The molecular formula is C15H14ClN5O2S. The van der Waals surface area contributed by atoms with E-state index in [-0.39, 0.29) is 12.0 Å². The normalized spacial score (nSPS) is 17.5. The summed E-state index contributed by atoms with van der Waals surface area (Å²) in [5, 5.41) is 12.8. The zero-order valence-electron chi connectivity index (χ0n) is 12.8. The van der Waals surface area contributed by atoms with Crippen molar-refractivity contribution in [3.63, 3.8) is 0 Å². The molecule has 1 saturated heterocycles. The molecular weight excluding hydrogens is 350 g/mol. The van der Waals surface area contributed by atoms with Gasteiger partial charge in [-0.1, -0.05) is 22.9 Å². The highest BCUT2D eigenvalue weighted by Gasteiger charge is 2.23. The lowest BCUT2D eigenvalue weighted by Crippen LogP contribution is -2.15. The van der Waals surface area contributed by atoms with E-state index in [1.165, 1.54) is 11.3 Å². The number of anilines is 1. The lowest BCUT2D eigenvalue weighted by atomic mass is 10.2. The van der Waals surface area contributed by atoms with Crippen LogP contribution in [-0.4, -0.2) is 32.1 Å². The molecule has 9 heteroatoms. The largest absolute Gasteiger partial charge is 0.371 e. The number of imidazole rings is 1. The molecule has 0 saturated carbocycles. The van der Waals surface area contributed by atoms with Gasteiger partial charge in [-0.05, 0) is 25.8 Å². The van der Waals surface area contributed by atoms with Crippen LogP contribution in [0.2, 0.25) is 5.02 Å². The van der Waals surface area contributed by atoms with Gasteiger partial charge in [0.05, 0.1) is 5.69 Å². The fourth-order valence-electron chi connectivity index (χ4n) is 2.76. The first-order valence-electron chi connectivity index (χ1n) is 7.52. The Labute approximate surface area is 146 Å². The van der Waals surface area contributed by atoms with Crippen LogP contribution in [0.5, 0.6) is 0 Å². The second kappa shape index (κ2) is 6.12. The van der Waals surface area contributed by atoms with E-state index in [0.717, 1.165) is 24.5 Å². The number of hydrogen-bond donors (Lipinski definition) is 1. The number of aryl methyl sites for hydroxylation is 1. The van der Waals surface area contributed by atoms with E-state index in [1.807, 2.05) is 0 Å². The lowest BCUT2D eigenvalue weighted by Gasteiger charge is -2.03. The van der Waals surface area contributed by atoms with Gasteiger partial charge in [-0.3, -0.25) is 14.5 Å². The maximum atomic E-state index is 12.6. The van der Waals surface area contributed by atoms with Crippen LogP contribution in [0, 0.1) is 6.92 Å². The monoisotopic (exact) mass is 363 g/mol. The molecule has 4 rings (SSSR count). The molecule has 3 aromatic heterocycles. The molecule has 4 heterocycles. The van der Waals surface area contributed by atoms with Crippen molar-refractivity contribution in [2.75, 3.05) is 11.9 Å². The van der Waals surface area contributed by atoms with E-state index in [2.05, 4.69) is 20.5 Å². The second-order valence-electron chi connectivity index (χ2n) is 5.52. The molecule has 1 N–H and O–H groups in total. The minimum atomic E-state index is -0.280. The Bertz CT molecular complexity index is 916. The molecule has 3 aromatic rings. The molecule has 7 nitrogen and oxygen atoms in total. The number of nitrogens with one attached hydrogen (secondary N) is 1. The molecule has 24 heavy (non-hydrogen) atoms. The SMILES string of the molecule is Cc1nc2cc(Cl)ccn2c1C(=O)Nc1nnc(C2CCCO2)s1.